The fraction of sp³-hybridized carbons (Fsp3) is 0.448. The van der Waals surface area contributed by atoms with Crippen LogP contribution < -0.4 is 5.32 Å². The van der Waals surface area contributed by atoms with E-state index >= 15 is 0 Å². The number of carbonyl (C=O) groups excluding carboxylic acids is 2. The molecule has 0 saturated carbocycles. The molecule has 0 aliphatic carbocycles. The van der Waals surface area contributed by atoms with E-state index in [4.69, 9.17) is 4.74 Å². The third-order valence-corrected chi connectivity index (χ3v) is 7.20. The molecule has 1 atom stereocenters. The quantitative estimate of drug-likeness (QED) is 0.303. The second kappa shape index (κ2) is 12.0. The van der Waals surface area contributed by atoms with Crippen LogP contribution >= 0.6 is 0 Å². The first-order valence-electron chi connectivity index (χ1n) is 12.8. The summed E-state index contributed by atoms with van der Waals surface area (Å²) in [5.74, 6) is 0.620. The summed E-state index contributed by atoms with van der Waals surface area (Å²) < 4.78 is 7.80. The minimum absolute atomic E-state index is 0.258. The number of nitrogens with zero attached hydrogens (tertiary/aromatic N) is 2. The highest BCUT2D eigenvalue weighted by molar-refractivity contribution is 5.85. The minimum Gasteiger partial charge on any atom is -0.385 e. The summed E-state index contributed by atoms with van der Waals surface area (Å²) >= 11 is 0. The molecule has 2 aromatic carbocycles. The Morgan fingerprint density at radius 1 is 1.14 bits per heavy atom. The van der Waals surface area contributed by atoms with E-state index in [1.54, 1.807) is 7.11 Å². The Hall–Kier alpha value is -3.12. The van der Waals surface area contributed by atoms with Crippen LogP contribution in [0.4, 0.5) is 5.69 Å². The number of para-hydroxylation sites is 1. The topological polar surface area (TPSA) is 63.6 Å². The molecule has 1 aromatic heterocycles. The molecule has 2 amide bonds. The van der Waals surface area contributed by atoms with Crippen molar-refractivity contribution in [3.8, 4) is 0 Å². The van der Waals surface area contributed by atoms with Crippen LogP contribution in [0, 0.1) is 6.92 Å². The van der Waals surface area contributed by atoms with Gasteiger partial charge in [0.25, 0.3) is 0 Å². The Bertz CT molecular complexity index is 1140. The number of methoxy groups -OCH3 is 1. The van der Waals surface area contributed by atoms with Crippen molar-refractivity contribution in [1.82, 2.24) is 9.47 Å². The molecule has 6 nitrogen and oxygen atoms in total. The molecule has 0 spiro atoms. The molecule has 2 heterocycles. The average Bonchev–Trinajstić information content (AvgIpc) is 3.17. The highest BCUT2D eigenvalue weighted by atomic mass is 16.5. The lowest BCUT2D eigenvalue weighted by molar-refractivity contribution is -0.132. The average molecular weight is 476 g/mol. The molecule has 1 aliphatic rings. The van der Waals surface area contributed by atoms with Crippen molar-refractivity contribution >= 4 is 28.9 Å². The number of fused-ring (bicyclic) bond motifs is 1. The highest BCUT2D eigenvalue weighted by Crippen LogP contribution is 2.36. The number of rotatable bonds is 11. The van der Waals surface area contributed by atoms with Crippen LogP contribution in [-0.4, -0.2) is 48.6 Å². The van der Waals surface area contributed by atoms with E-state index in [0.717, 1.165) is 64.0 Å². The molecule has 1 fully saturated rings. The third-order valence-electron chi connectivity index (χ3n) is 7.20. The summed E-state index contributed by atoms with van der Waals surface area (Å²) in [7, 11) is 1.75. The Labute approximate surface area is 208 Å². The Morgan fingerprint density at radius 3 is 2.71 bits per heavy atom. The van der Waals surface area contributed by atoms with Crippen LogP contribution in [0.15, 0.2) is 48.5 Å². The monoisotopic (exact) mass is 475 g/mol. The van der Waals surface area contributed by atoms with Gasteiger partial charge in [-0.05, 0) is 68.4 Å². The number of carbonyl (C=O) groups is 2. The lowest BCUT2D eigenvalue weighted by Gasteiger charge is -2.34. The van der Waals surface area contributed by atoms with Crippen molar-refractivity contribution in [2.45, 2.75) is 57.9 Å². The van der Waals surface area contributed by atoms with Crippen LogP contribution in [0.5, 0.6) is 0 Å². The van der Waals surface area contributed by atoms with E-state index in [0.29, 0.717) is 18.7 Å². The summed E-state index contributed by atoms with van der Waals surface area (Å²) in [6.45, 7) is 5.57. The summed E-state index contributed by atoms with van der Waals surface area (Å²) in [4.78, 5) is 25.7. The SMILES string of the molecule is COCCCn1c(C2CCCN(C(=O)CCCc3ccc(NC=O)cc3)C2)c(C)c2ccccc21. The number of piperidine rings is 1. The van der Waals surface area contributed by atoms with Crippen molar-refractivity contribution in [3.05, 3.63) is 65.4 Å². The molecular formula is C29H37N3O3. The fourth-order valence-electron chi connectivity index (χ4n) is 5.50. The molecule has 0 bridgehead atoms. The van der Waals surface area contributed by atoms with Crippen LogP contribution in [-0.2, 0) is 27.3 Å². The van der Waals surface area contributed by atoms with Gasteiger partial charge in [0.05, 0.1) is 0 Å². The number of aryl methyl sites for hydroxylation is 3. The predicted molar refractivity (Wildman–Crippen MR) is 141 cm³/mol. The first-order valence-corrected chi connectivity index (χ1v) is 12.8. The zero-order chi connectivity index (χ0) is 24.6. The summed E-state index contributed by atoms with van der Waals surface area (Å²) in [5, 5.41) is 3.97. The van der Waals surface area contributed by atoms with Gasteiger partial charge < -0.3 is 19.5 Å². The van der Waals surface area contributed by atoms with Crippen molar-refractivity contribution in [3.63, 3.8) is 0 Å². The summed E-state index contributed by atoms with van der Waals surface area (Å²) in [6.07, 6.45) is 6.07. The maximum atomic E-state index is 13.1. The van der Waals surface area contributed by atoms with Crippen molar-refractivity contribution in [1.29, 1.82) is 0 Å². The van der Waals surface area contributed by atoms with Gasteiger partial charge in [0.1, 0.15) is 0 Å². The van der Waals surface area contributed by atoms with Crippen LogP contribution in [0.1, 0.15) is 54.8 Å². The van der Waals surface area contributed by atoms with Crippen LogP contribution in [0.2, 0.25) is 0 Å². The molecule has 6 heteroatoms. The predicted octanol–water partition coefficient (Wildman–Crippen LogP) is 5.28. The standard InChI is InChI=1S/C29H37N3O3/c1-22-26-10-3-4-11-27(26)32(18-7-19-35-2)29(22)24-9-6-17-31(20-24)28(34)12-5-8-23-13-15-25(16-14-23)30-21-33/h3-4,10-11,13-16,21,24H,5-9,12,17-20H2,1-2H3,(H,30,33). The van der Waals surface area contributed by atoms with Gasteiger partial charge in [-0.25, -0.2) is 0 Å². The molecule has 35 heavy (non-hydrogen) atoms. The Balaban J connectivity index is 1.41. The number of ether oxygens (including phenoxy) is 1. The zero-order valence-electron chi connectivity index (χ0n) is 21.0. The highest BCUT2D eigenvalue weighted by Gasteiger charge is 2.29. The van der Waals surface area contributed by atoms with E-state index in [-0.39, 0.29) is 5.91 Å². The molecule has 1 aliphatic heterocycles. The van der Waals surface area contributed by atoms with Gasteiger partial charge in [0, 0.05) is 68.0 Å². The minimum atomic E-state index is 0.258. The maximum Gasteiger partial charge on any atom is 0.222 e. The largest absolute Gasteiger partial charge is 0.385 e. The summed E-state index contributed by atoms with van der Waals surface area (Å²) in [6, 6.07) is 16.5. The van der Waals surface area contributed by atoms with Crippen molar-refractivity contribution in [2.24, 2.45) is 0 Å². The number of benzene rings is 2. The molecule has 1 N–H and O–H groups in total. The fourth-order valence-corrected chi connectivity index (χ4v) is 5.50. The molecule has 186 valence electrons. The second-order valence-corrected chi connectivity index (χ2v) is 9.52. The number of anilines is 1. The molecule has 1 unspecified atom stereocenters. The molecule has 1 saturated heterocycles. The zero-order valence-corrected chi connectivity index (χ0v) is 21.0. The van der Waals surface area contributed by atoms with Gasteiger partial charge in [-0.3, -0.25) is 9.59 Å². The number of amides is 2. The van der Waals surface area contributed by atoms with Gasteiger partial charge in [-0.2, -0.15) is 0 Å². The van der Waals surface area contributed by atoms with E-state index in [2.05, 4.69) is 46.0 Å². The normalized spacial score (nSPS) is 15.9. The molecular weight excluding hydrogens is 438 g/mol. The smallest absolute Gasteiger partial charge is 0.222 e. The summed E-state index contributed by atoms with van der Waals surface area (Å²) in [5.41, 5.74) is 6.00. The van der Waals surface area contributed by atoms with Gasteiger partial charge in [0.15, 0.2) is 0 Å². The lowest BCUT2D eigenvalue weighted by Crippen LogP contribution is -2.39. The van der Waals surface area contributed by atoms with Crippen molar-refractivity contribution < 1.29 is 14.3 Å². The Morgan fingerprint density at radius 2 is 1.94 bits per heavy atom. The van der Waals surface area contributed by atoms with Crippen LogP contribution in [0.25, 0.3) is 10.9 Å². The van der Waals surface area contributed by atoms with E-state index < -0.39 is 0 Å². The third kappa shape index (κ3) is 5.93. The van der Waals surface area contributed by atoms with Gasteiger partial charge >= 0.3 is 0 Å². The van der Waals surface area contributed by atoms with E-state index in [9.17, 15) is 9.59 Å². The Kier molecular flexibility index (Phi) is 8.59. The van der Waals surface area contributed by atoms with Gasteiger partial charge in [0.2, 0.25) is 12.3 Å². The number of hydrogen-bond donors (Lipinski definition) is 1. The van der Waals surface area contributed by atoms with E-state index in [1.165, 1.54) is 27.7 Å². The van der Waals surface area contributed by atoms with E-state index in [1.807, 2.05) is 24.3 Å². The number of hydrogen-bond acceptors (Lipinski definition) is 3. The number of likely N-dealkylation sites (tertiary alicyclic amines) is 1. The number of aromatic nitrogens is 1. The van der Waals surface area contributed by atoms with Gasteiger partial charge in [-0.15, -0.1) is 0 Å². The number of nitrogens with one attached hydrogen (secondary N) is 1. The molecule has 3 aromatic rings. The van der Waals surface area contributed by atoms with Crippen LogP contribution in [0.3, 0.4) is 0 Å². The first-order chi connectivity index (χ1) is 17.1. The molecule has 0 radical (unpaired) electrons. The molecule has 4 rings (SSSR count). The first kappa shape index (κ1) is 25.0. The van der Waals surface area contributed by atoms with Gasteiger partial charge in [-0.1, -0.05) is 30.3 Å². The maximum absolute atomic E-state index is 13.1. The van der Waals surface area contributed by atoms with Crippen molar-refractivity contribution in [2.75, 3.05) is 32.1 Å². The second-order valence-electron chi connectivity index (χ2n) is 9.52. The lowest BCUT2D eigenvalue weighted by atomic mass is 9.91.